The minimum atomic E-state index is -4.15. The van der Waals surface area contributed by atoms with Crippen LogP contribution in [0.15, 0.2) is 0 Å². The molecule has 0 bridgehead atoms. The summed E-state index contributed by atoms with van der Waals surface area (Å²) in [4.78, 5) is 0. The van der Waals surface area contributed by atoms with E-state index in [1.807, 2.05) is 0 Å². The van der Waals surface area contributed by atoms with Gasteiger partial charge in [0.1, 0.15) is 0 Å². The third-order valence-corrected chi connectivity index (χ3v) is 1.14. The van der Waals surface area contributed by atoms with Gasteiger partial charge in [-0.3, -0.25) is 4.55 Å². The fraction of sp³-hybridized carbons (Fsp3) is 0. The van der Waals surface area contributed by atoms with Gasteiger partial charge < -0.3 is 0 Å². The zero-order chi connectivity index (χ0) is 7.61. The molecule has 0 amide bonds. The molecular formula is C2H3N4O3S. The second kappa shape index (κ2) is 2.31. The molecule has 0 aliphatic rings. The Morgan fingerprint density at radius 3 is 2.70 bits per heavy atom. The van der Waals surface area contributed by atoms with Gasteiger partial charge in [0, 0.05) is 0 Å². The van der Waals surface area contributed by atoms with E-state index in [-0.39, 0.29) is 5.82 Å². The molecule has 10 heavy (non-hydrogen) atoms. The van der Waals surface area contributed by atoms with Crippen molar-refractivity contribution in [2.75, 3.05) is 0 Å². The van der Waals surface area contributed by atoms with E-state index >= 15 is 0 Å². The van der Waals surface area contributed by atoms with Gasteiger partial charge in [0.2, 0.25) is 0 Å². The van der Waals surface area contributed by atoms with E-state index in [1.165, 1.54) is 0 Å². The van der Waals surface area contributed by atoms with Crippen LogP contribution in [0.2, 0.25) is 0 Å². The molecule has 0 fully saturated rings. The molecule has 8 heteroatoms. The number of aromatic amines is 1. The quantitative estimate of drug-likeness (QED) is 0.519. The minimum absolute atomic E-state index is 0.109. The molecular weight excluding hydrogens is 160 g/mol. The highest BCUT2D eigenvalue weighted by atomic mass is 32.2. The van der Waals surface area contributed by atoms with Gasteiger partial charge >= 0.3 is 0 Å². The number of aromatic nitrogens is 4. The Morgan fingerprint density at radius 1 is 1.60 bits per heavy atom. The van der Waals surface area contributed by atoms with Crippen LogP contribution in [0.1, 0.15) is 5.82 Å². The Morgan fingerprint density at radius 2 is 2.30 bits per heavy atom. The first-order valence-corrected chi connectivity index (χ1v) is 3.64. The van der Waals surface area contributed by atoms with E-state index < -0.39 is 10.1 Å². The molecule has 1 heterocycles. The summed E-state index contributed by atoms with van der Waals surface area (Å²) in [6, 6.07) is 0. The number of rotatable bonds is 2. The van der Waals surface area contributed by atoms with Gasteiger partial charge in [0.05, 0.1) is 0 Å². The molecule has 0 aliphatic heterocycles. The van der Waals surface area contributed by atoms with Crippen molar-refractivity contribution < 1.29 is 13.0 Å². The van der Waals surface area contributed by atoms with Gasteiger partial charge in [0.15, 0.2) is 11.6 Å². The van der Waals surface area contributed by atoms with Gasteiger partial charge in [-0.1, -0.05) is 0 Å². The first kappa shape index (κ1) is 7.09. The average molecular weight is 163 g/mol. The molecule has 0 saturated carbocycles. The fourth-order valence-electron chi connectivity index (χ4n) is 0.357. The van der Waals surface area contributed by atoms with E-state index in [2.05, 4.69) is 20.6 Å². The zero-order valence-electron chi connectivity index (χ0n) is 4.59. The van der Waals surface area contributed by atoms with E-state index in [1.54, 1.807) is 0 Å². The highest BCUT2D eigenvalue weighted by Gasteiger charge is 2.09. The highest BCUT2D eigenvalue weighted by Crippen LogP contribution is 1.95. The maximum absolute atomic E-state index is 10.1. The average Bonchev–Trinajstić information content (AvgIpc) is 2.12. The van der Waals surface area contributed by atoms with Crippen LogP contribution >= 0.6 is 0 Å². The molecule has 1 aromatic rings. The summed E-state index contributed by atoms with van der Waals surface area (Å²) in [7, 11) is -4.15. The largest absolute Gasteiger partial charge is 0.285 e. The Kier molecular flexibility index (Phi) is 1.64. The number of nitrogens with one attached hydrogen (secondary N) is 1. The summed E-state index contributed by atoms with van der Waals surface area (Å²) in [6.07, 6.45) is 0. The normalized spacial score (nSPS) is 11.7. The second-order valence-electron chi connectivity index (χ2n) is 1.42. The van der Waals surface area contributed by atoms with Crippen molar-refractivity contribution in [3.63, 3.8) is 0 Å². The van der Waals surface area contributed by atoms with Crippen molar-refractivity contribution in [2.45, 2.75) is 0 Å². The van der Waals surface area contributed by atoms with Crippen molar-refractivity contribution in [1.29, 1.82) is 0 Å². The molecule has 55 valence electrons. The Bertz CT molecular complexity index is 288. The van der Waals surface area contributed by atoms with Crippen LogP contribution in [0, 0.1) is 5.75 Å². The van der Waals surface area contributed by atoms with E-state index in [0.717, 1.165) is 0 Å². The van der Waals surface area contributed by atoms with Crippen LogP contribution in [0.3, 0.4) is 0 Å². The van der Waals surface area contributed by atoms with Crippen LogP contribution in [0.5, 0.6) is 0 Å². The molecule has 0 aromatic carbocycles. The van der Waals surface area contributed by atoms with Gasteiger partial charge in [-0.2, -0.15) is 8.42 Å². The van der Waals surface area contributed by atoms with Crippen LogP contribution in [-0.2, 0) is 10.1 Å². The van der Waals surface area contributed by atoms with Crippen LogP contribution in [-0.4, -0.2) is 33.6 Å². The monoisotopic (exact) mass is 163 g/mol. The van der Waals surface area contributed by atoms with E-state index in [9.17, 15) is 8.42 Å². The molecule has 0 unspecified atom stereocenters. The van der Waals surface area contributed by atoms with Crippen molar-refractivity contribution in [1.82, 2.24) is 20.6 Å². The highest BCUT2D eigenvalue weighted by molar-refractivity contribution is 7.88. The maximum Gasteiger partial charge on any atom is 0.277 e. The van der Waals surface area contributed by atoms with E-state index in [4.69, 9.17) is 4.55 Å². The maximum atomic E-state index is 10.1. The van der Waals surface area contributed by atoms with Gasteiger partial charge in [0.25, 0.3) is 10.1 Å². The first-order valence-electron chi connectivity index (χ1n) is 2.14. The lowest BCUT2D eigenvalue weighted by atomic mass is 10.8. The Hall–Kier alpha value is -1.02. The SMILES string of the molecule is O=S(=O)(O)[CH]c1nnn[nH]1. The third-order valence-electron chi connectivity index (χ3n) is 0.622. The number of hydrogen-bond acceptors (Lipinski definition) is 5. The van der Waals surface area contributed by atoms with Crippen molar-refractivity contribution in [3.05, 3.63) is 11.6 Å². The molecule has 2 N–H and O–H groups in total. The first-order chi connectivity index (χ1) is 4.58. The molecule has 1 aromatic heterocycles. The lowest BCUT2D eigenvalue weighted by Gasteiger charge is -1.86. The molecule has 7 nitrogen and oxygen atoms in total. The summed E-state index contributed by atoms with van der Waals surface area (Å²) in [5.74, 6) is 0.398. The Labute approximate surface area is 56.2 Å². The van der Waals surface area contributed by atoms with Crippen molar-refractivity contribution >= 4 is 10.1 Å². The standard InChI is InChI=1S/C2H3N4O3S/c7-10(8,9)1-2-3-5-6-4-2/h1H,(H,7,8,9)(H,3,4,5,6). The zero-order valence-corrected chi connectivity index (χ0v) is 5.41. The predicted molar refractivity (Wildman–Crippen MR) is 29.1 cm³/mol. The molecule has 0 atom stereocenters. The molecule has 1 rings (SSSR count). The number of nitrogens with zero attached hydrogens (tertiary/aromatic N) is 3. The van der Waals surface area contributed by atoms with Crippen LogP contribution in [0.25, 0.3) is 0 Å². The van der Waals surface area contributed by atoms with Crippen LogP contribution in [0.4, 0.5) is 0 Å². The van der Waals surface area contributed by atoms with Crippen molar-refractivity contribution in [2.24, 2.45) is 0 Å². The fourth-order valence-corrected chi connectivity index (χ4v) is 0.739. The van der Waals surface area contributed by atoms with Gasteiger partial charge in [-0.25, -0.2) is 5.10 Å². The third kappa shape index (κ3) is 2.07. The second-order valence-corrected chi connectivity index (χ2v) is 2.68. The minimum Gasteiger partial charge on any atom is -0.285 e. The van der Waals surface area contributed by atoms with Gasteiger partial charge in [-0.05, 0) is 10.4 Å². The lowest BCUT2D eigenvalue weighted by Crippen LogP contribution is -2.00. The summed E-state index contributed by atoms with van der Waals surface area (Å²) in [6.45, 7) is 0. The molecule has 0 aliphatic carbocycles. The summed E-state index contributed by atoms with van der Waals surface area (Å²) in [5.41, 5.74) is 0. The topological polar surface area (TPSA) is 109 Å². The smallest absolute Gasteiger partial charge is 0.277 e. The number of H-pyrrole nitrogens is 1. The van der Waals surface area contributed by atoms with Gasteiger partial charge in [-0.15, -0.1) is 5.10 Å². The molecule has 0 spiro atoms. The summed E-state index contributed by atoms with van der Waals surface area (Å²) in [5, 5.41) is 11.5. The summed E-state index contributed by atoms with van der Waals surface area (Å²) >= 11 is 0. The number of hydrogen-bond donors (Lipinski definition) is 2. The summed E-state index contributed by atoms with van der Waals surface area (Å²) < 4.78 is 28.4. The number of tetrazole rings is 1. The molecule has 0 saturated heterocycles. The van der Waals surface area contributed by atoms with Crippen molar-refractivity contribution in [3.8, 4) is 0 Å². The van der Waals surface area contributed by atoms with E-state index in [0.29, 0.717) is 5.75 Å². The molecule has 1 radical (unpaired) electrons. The predicted octanol–water partition coefficient (Wildman–Crippen LogP) is -1.40. The Balaban J connectivity index is 2.75. The lowest BCUT2D eigenvalue weighted by molar-refractivity contribution is 0.490. The van der Waals surface area contributed by atoms with Crippen LogP contribution < -0.4 is 0 Å².